The van der Waals surface area contributed by atoms with Crippen molar-refractivity contribution in [1.82, 2.24) is 10.6 Å². The highest BCUT2D eigenvalue weighted by Crippen LogP contribution is 2.10. The van der Waals surface area contributed by atoms with Crippen molar-refractivity contribution in [3.05, 3.63) is 35.9 Å². The van der Waals surface area contributed by atoms with Gasteiger partial charge in [-0.05, 0) is 23.8 Å². The third-order valence-electron chi connectivity index (χ3n) is 2.91. The van der Waals surface area contributed by atoms with Crippen LogP contribution in [0, 0.1) is 5.92 Å². The topological polar surface area (TPSA) is 87.3 Å². The molecule has 3 N–H and O–H groups in total. The Morgan fingerprint density at radius 1 is 1.04 bits per heavy atom. The Bertz CT molecular complexity index is 577. The van der Waals surface area contributed by atoms with Crippen LogP contribution >= 0.6 is 0 Å². The largest absolute Gasteiger partial charge is 0.354 e. The zero-order chi connectivity index (χ0) is 17.2. The molecule has 6 nitrogen and oxygen atoms in total. The van der Waals surface area contributed by atoms with E-state index in [1.165, 1.54) is 13.0 Å². The van der Waals surface area contributed by atoms with E-state index in [1.54, 1.807) is 30.3 Å². The highest BCUT2D eigenvalue weighted by Gasteiger charge is 2.04. The van der Waals surface area contributed by atoms with Crippen molar-refractivity contribution in [2.45, 2.75) is 20.8 Å². The average Bonchev–Trinajstić information content (AvgIpc) is 2.50. The normalized spacial score (nSPS) is 10.6. The van der Waals surface area contributed by atoms with E-state index < -0.39 is 0 Å². The summed E-state index contributed by atoms with van der Waals surface area (Å²) in [5.74, 6) is -0.452. The van der Waals surface area contributed by atoms with Gasteiger partial charge in [0.25, 0.3) is 0 Å². The summed E-state index contributed by atoms with van der Waals surface area (Å²) in [4.78, 5) is 33.9. The van der Waals surface area contributed by atoms with Crippen molar-refractivity contribution in [2.24, 2.45) is 5.92 Å². The Balaban J connectivity index is 2.34. The Morgan fingerprint density at radius 2 is 1.65 bits per heavy atom. The first-order chi connectivity index (χ1) is 10.9. The molecule has 0 heterocycles. The summed E-state index contributed by atoms with van der Waals surface area (Å²) in [7, 11) is 0. The second-order valence-electron chi connectivity index (χ2n) is 5.37. The van der Waals surface area contributed by atoms with Gasteiger partial charge in [0.05, 0.1) is 0 Å². The molecule has 1 rings (SSSR count). The zero-order valence-corrected chi connectivity index (χ0v) is 13.7. The third kappa shape index (κ3) is 7.80. The van der Waals surface area contributed by atoms with E-state index in [2.05, 4.69) is 16.0 Å². The summed E-state index contributed by atoms with van der Waals surface area (Å²) < 4.78 is 0. The highest BCUT2D eigenvalue weighted by molar-refractivity contribution is 5.92. The van der Waals surface area contributed by atoms with Gasteiger partial charge < -0.3 is 16.0 Å². The van der Waals surface area contributed by atoms with Gasteiger partial charge >= 0.3 is 0 Å². The molecule has 0 aliphatic rings. The van der Waals surface area contributed by atoms with Crippen molar-refractivity contribution in [1.29, 1.82) is 0 Å². The molecule has 0 spiro atoms. The van der Waals surface area contributed by atoms with Crippen molar-refractivity contribution in [3.63, 3.8) is 0 Å². The fourth-order valence-corrected chi connectivity index (χ4v) is 1.69. The fourth-order valence-electron chi connectivity index (χ4n) is 1.69. The van der Waals surface area contributed by atoms with Crippen molar-refractivity contribution in [3.8, 4) is 0 Å². The second-order valence-corrected chi connectivity index (χ2v) is 5.37. The molecule has 0 saturated carbocycles. The van der Waals surface area contributed by atoms with E-state index >= 15 is 0 Å². The van der Waals surface area contributed by atoms with Crippen molar-refractivity contribution in [2.75, 3.05) is 18.4 Å². The number of benzene rings is 1. The first kappa shape index (κ1) is 18.4. The number of rotatable bonds is 7. The highest BCUT2D eigenvalue weighted by atomic mass is 16.2. The molecule has 0 bridgehead atoms. The molecule has 1 aromatic carbocycles. The quantitative estimate of drug-likeness (QED) is 0.527. The SMILES string of the molecule is CC(=O)Nc1ccc(/C=C/C(=O)NCCNC(=O)C(C)C)cc1. The maximum atomic E-state index is 11.6. The van der Waals surface area contributed by atoms with Crippen LogP contribution in [-0.2, 0) is 14.4 Å². The molecule has 0 aliphatic heterocycles. The van der Waals surface area contributed by atoms with Gasteiger partial charge in [0.1, 0.15) is 0 Å². The van der Waals surface area contributed by atoms with Crippen LogP contribution in [0.3, 0.4) is 0 Å². The predicted molar refractivity (Wildman–Crippen MR) is 90.6 cm³/mol. The van der Waals surface area contributed by atoms with Gasteiger partial charge in [0.15, 0.2) is 0 Å². The standard InChI is InChI=1S/C17H23N3O3/c1-12(2)17(23)19-11-10-18-16(22)9-6-14-4-7-15(8-5-14)20-13(3)21/h4-9,12H,10-11H2,1-3H3,(H,18,22)(H,19,23)(H,20,21)/b9-6+. The van der Waals surface area contributed by atoms with Crippen LogP contribution in [0.5, 0.6) is 0 Å². The Hall–Kier alpha value is -2.63. The Morgan fingerprint density at radius 3 is 2.22 bits per heavy atom. The number of carbonyl (C=O) groups is 3. The van der Waals surface area contributed by atoms with Crippen LogP contribution < -0.4 is 16.0 Å². The van der Waals surface area contributed by atoms with Crippen LogP contribution in [0.15, 0.2) is 30.3 Å². The van der Waals surface area contributed by atoms with E-state index in [9.17, 15) is 14.4 Å². The molecule has 1 aromatic rings. The summed E-state index contributed by atoms with van der Waals surface area (Å²) in [6.07, 6.45) is 3.11. The van der Waals surface area contributed by atoms with E-state index in [0.717, 1.165) is 5.56 Å². The molecule has 0 saturated heterocycles. The number of nitrogens with one attached hydrogen (secondary N) is 3. The lowest BCUT2D eigenvalue weighted by Crippen LogP contribution is -2.35. The lowest BCUT2D eigenvalue weighted by atomic mass is 10.2. The van der Waals surface area contributed by atoms with Gasteiger partial charge in [-0.1, -0.05) is 26.0 Å². The molecule has 124 valence electrons. The molecule has 0 radical (unpaired) electrons. The number of carbonyl (C=O) groups excluding carboxylic acids is 3. The van der Waals surface area contributed by atoms with Gasteiger partial charge in [-0.2, -0.15) is 0 Å². The smallest absolute Gasteiger partial charge is 0.244 e. The second kappa shape index (κ2) is 9.40. The molecule has 3 amide bonds. The number of amides is 3. The van der Waals surface area contributed by atoms with Crippen molar-refractivity contribution >= 4 is 29.5 Å². The number of hydrogen-bond acceptors (Lipinski definition) is 3. The monoisotopic (exact) mass is 317 g/mol. The summed E-state index contributed by atoms with van der Waals surface area (Å²) in [6, 6.07) is 7.14. The lowest BCUT2D eigenvalue weighted by Gasteiger charge is -2.07. The van der Waals surface area contributed by atoms with Gasteiger partial charge in [-0.25, -0.2) is 0 Å². The summed E-state index contributed by atoms with van der Waals surface area (Å²) in [6.45, 7) is 5.86. The van der Waals surface area contributed by atoms with E-state index in [0.29, 0.717) is 18.8 Å². The van der Waals surface area contributed by atoms with Crippen LogP contribution in [0.1, 0.15) is 26.3 Å². The predicted octanol–water partition coefficient (Wildman–Crippen LogP) is 1.55. The maximum absolute atomic E-state index is 11.6. The first-order valence-corrected chi connectivity index (χ1v) is 7.49. The zero-order valence-electron chi connectivity index (χ0n) is 13.7. The summed E-state index contributed by atoms with van der Waals surface area (Å²) in [5, 5.41) is 8.08. The molecule has 0 aromatic heterocycles. The minimum absolute atomic E-state index is 0.0333. The summed E-state index contributed by atoms with van der Waals surface area (Å²) in [5.41, 5.74) is 1.56. The van der Waals surface area contributed by atoms with Gasteiger partial charge in [0.2, 0.25) is 17.7 Å². The third-order valence-corrected chi connectivity index (χ3v) is 2.91. The molecular weight excluding hydrogens is 294 g/mol. The molecule has 0 fully saturated rings. The van der Waals surface area contributed by atoms with Crippen LogP contribution in [0.25, 0.3) is 6.08 Å². The lowest BCUT2D eigenvalue weighted by molar-refractivity contribution is -0.124. The molecule has 0 unspecified atom stereocenters. The number of hydrogen-bond donors (Lipinski definition) is 3. The molecule has 6 heteroatoms. The van der Waals surface area contributed by atoms with Crippen LogP contribution in [-0.4, -0.2) is 30.8 Å². The maximum Gasteiger partial charge on any atom is 0.244 e. The van der Waals surface area contributed by atoms with E-state index in [1.807, 2.05) is 13.8 Å². The van der Waals surface area contributed by atoms with Crippen molar-refractivity contribution < 1.29 is 14.4 Å². The van der Waals surface area contributed by atoms with E-state index in [4.69, 9.17) is 0 Å². The molecule has 0 aliphatic carbocycles. The minimum atomic E-state index is -0.227. The minimum Gasteiger partial charge on any atom is -0.354 e. The van der Waals surface area contributed by atoms with Gasteiger partial charge in [0, 0.05) is 37.7 Å². The molecule has 0 atom stereocenters. The summed E-state index contributed by atoms with van der Waals surface area (Å²) >= 11 is 0. The Kier molecular flexibility index (Phi) is 7.53. The fraction of sp³-hybridized carbons (Fsp3) is 0.353. The first-order valence-electron chi connectivity index (χ1n) is 7.49. The van der Waals surface area contributed by atoms with Crippen LogP contribution in [0.2, 0.25) is 0 Å². The Labute approximate surface area is 136 Å². The van der Waals surface area contributed by atoms with Gasteiger partial charge in [-0.15, -0.1) is 0 Å². The van der Waals surface area contributed by atoms with Gasteiger partial charge in [-0.3, -0.25) is 14.4 Å². The van der Waals surface area contributed by atoms with E-state index in [-0.39, 0.29) is 23.6 Å². The molecular formula is C17H23N3O3. The number of anilines is 1. The average molecular weight is 317 g/mol. The molecule has 23 heavy (non-hydrogen) atoms. The van der Waals surface area contributed by atoms with Crippen LogP contribution in [0.4, 0.5) is 5.69 Å².